The number of likely N-dealkylation sites (tertiary alicyclic amines) is 1. The number of rotatable bonds is 7. The van der Waals surface area contributed by atoms with E-state index in [0.717, 1.165) is 18.4 Å². The van der Waals surface area contributed by atoms with Gasteiger partial charge < -0.3 is 20.1 Å². The Labute approximate surface area is 225 Å². The number of amides is 1. The van der Waals surface area contributed by atoms with E-state index in [0.29, 0.717) is 47.9 Å². The standard InChI is InChI=1S/C29H27FN6O3/c1-2-26(37)35-14-4-6-22(17-35)36-29-27(28(31)32-19-33-29)25(34-36)9-5-15-38-23-7-3-8-24(16-23)39-18-20-10-12-21(30)13-11-20/h2-3,7-8,10-13,16,19,22H,1,4,6,14-15,17-18H2,(H2,31,32,33)/t22-/m1/s1. The predicted molar refractivity (Wildman–Crippen MR) is 144 cm³/mol. The number of carbonyl (C=O) groups excluding carboxylic acids is 1. The number of hydrogen-bond donors (Lipinski definition) is 1. The third-order valence-corrected chi connectivity index (χ3v) is 6.39. The van der Waals surface area contributed by atoms with Gasteiger partial charge in [0.05, 0.1) is 11.4 Å². The molecule has 10 heteroatoms. The maximum absolute atomic E-state index is 13.1. The summed E-state index contributed by atoms with van der Waals surface area (Å²) in [4.78, 5) is 22.5. The maximum atomic E-state index is 13.1. The van der Waals surface area contributed by atoms with Crippen molar-refractivity contribution < 1.29 is 18.7 Å². The zero-order valence-corrected chi connectivity index (χ0v) is 21.2. The molecule has 3 heterocycles. The van der Waals surface area contributed by atoms with E-state index < -0.39 is 0 Å². The van der Waals surface area contributed by atoms with Crippen molar-refractivity contribution >= 4 is 22.8 Å². The number of hydrogen-bond acceptors (Lipinski definition) is 7. The van der Waals surface area contributed by atoms with Crippen LogP contribution in [0.5, 0.6) is 11.5 Å². The van der Waals surface area contributed by atoms with Gasteiger partial charge in [-0.25, -0.2) is 19.0 Å². The molecule has 0 saturated carbocycles. The first-order valence-corrected chi connectivity index (χ1v) is 12.5. The topological polar surface area (TPSA) is 108 Å². The van der Waals surface area contributed by atoms with Crippen LogP contribution >= 0.6 is 0 Å². The van der Waals surface area contributed by atoms with Crippen LogP contribution in [0.3, 0.4) is 0 Å². The molecule has 0 radical (unpaired) electrons. The molecule has 1 amide bonds. The Morgan fingerprint density at radius 3 is 2.77 bits per heavy atom. The molecule has 0 bridgehead atoms. The number of aromatic nitrogens is 4. The molecule has 2 aromatic carbocycles. The molecular formula is C29H27FN6O3. The summed E-state index contributed by atoms with van der Waals surface area (Å²) in [5.41, 5.74) is 8.07. The average molecular weight is 527 g/mol. The molecule has 1 saturated heterocycles. The molecule has 39 heavy (non-hydrogen) atoms. The molecule has 1 aliphatic rings. The molecule has 5 rings (SSSR count). The van der Waals surface area contributed by atoms with Gasteiger partial charge in [0.1, 0.15) is 48.4 Å². The number of nitrogens with zero attached hydrogens (tertiary/aromatic N) is 5. The predicted octanol–water partition coefficient (Wildman–Crippen LogP) is 3.91. The van der Waals surface area contributed by atoms with Crippen molar-refractivity contribution in [3.63, 3.8) is 0 Å². The fourth-order valence-corrected chi connectivity index (χ4v) is 4.46. The van der Waals surface area contributed by atoms with Gasteiger partial charge in [0, 0.05) is 19.2 Å². The number of piperidine rings is 1. The van der Waals surface area contributed by atoms with Gasteiger partial charge in [-0.2, -0.15) is 5.10 Å². The van der Waals surface area contributed by atoms with Crippen molar-refractivity contribution in [2.45, 2.75) is 25.5 Å². The van der Waals surface area contributed by atoms with Crippen molar-refractivity contribution in [2.24, 2.45) is 0 Å². The van der Waals surface area contributed by atoms with Gasteiger partial charge in [0.25, 0.3) is 0 Å². The highest BCUT2D eigenvalue weighted by atomic mass is 19.1. The summed E-state index contributed by atoms with van der Waals surface area (Å²) < 4.78 is 26.5. The van der Waals surface area contributed by atoms with Crippen LogP contribution in [-0.2, 0) is 11.4 Å². The van der Waals surface area contributed by atoms with E-state index in [1.165, 1.54) is 24.5 Å². The normalized spacial score (nSPS) is 14.9. The number of nitrogen functional groups attached to an aromatic ring is 1. The summed E-state index contributed by atoms with van der Waals surface area (Å²) in [6.45, 7) is 5.19. The van der Waals surface area contributed by atoms with Gasteiger partial charge in [0.15, 0.2) is 5.65 Å². The van der Waals surface area contributed by atoms with Gasteiger partial charge in [-0.3, -0.25) is 4.79 Å². The Bertz CT molecular complexity index is 1560. The van der Waals surface area contributed by atoms with Crippen LogP contribution < -0.4 is 15.2 Å². The zero-order valence-electron chi connectivity index (χ0n) is 21.2. The Hall–Kier alpha value is -4.91. The van der Waals surface area contributed by atoms with Crippen molar-refractivity contribution in [1.82, 2.24) is 24.6 Å². The minimum atomic E-state index is -0.286. The molecule has 2 aromatic heterocycles. The Kier molecular flexibility index (Phi) is 7.68. The highest BCUT2D eigenvalue weighted by Gasteiger charge is 2.27. The number of carbonyl (C=O) groups is 1. The van der Waals surface area contributed by atoms with Crippen LogP contribution in [0, 0.1) is 17.7 Å². The van der Waals surface area contributed by atoms with Gasteiger partial charge >= 0.3 is 0 Å². The van der Waals surface area contributed by atoms with Crippen molar-refractivity contribution in [3.05, 3.63) is 84.6 Å². The molecule has 9 nitrogen and oxygen atoms in total. The zero-order chi connectivity index (χ0) is 27.2. The second-order valence-corrected chi connectivity index (χ2v) is 9.02. The van der Waals surface area contributed by atoms with Crippen molar-refractivity contribution in [1.29, 1.82) is 0 Å². The van der Waals surface area contributed by atoms with Crippen LogP contribution in [-0.4, -0.2) is 50.3 Å². The number of nitrogens with two attached hydrogens (primary N) is 1. The number of ether oxygens (including phenoxy) is 2. The summed E-state index contributed by atoms with van der Waals surface area (Å²) in [6, 6.07) is 13.3. The molecule has 0 aliphatic carbocycles. The lowest BCUT2D eigenvalue weighted by Gasteiger charge is -2.32. The third-order valence-electron chi connectivity index (χ3n) is 6.39. The van der Waals surface area contributed by atoms with E-state index in [1.54, 1.807) is 27.8 Å². The SMILES string of the molecule is C=CC(=O)N1CCC[C@@H](n2nc(C#CCOc3cccc(OCc4ccc(F)cc4)c3)c3c(N)ncnc32)C1. The number of anilines is 1. The van der Waals surface area contributed by atoms with Gasteiger partial charge in [-0.05, 0) is 54.7 Å². The highest BCUT2D eigenvalue weighted by molar-refractivity contribution is 5.90. The molecule has 1 aliphatic heterocycles. The molecular weight excluding hydrogens is 499 g/mol. The van der Waals surface area contributed by atoms with Crippen molar-refractivity contribution in [2.75, 3.05) is 25.4 Å². The largest absolute Gasteiger partial charge is 0.489 e. The van der Waals surface area contributed by atoms with Crippen LogP contribution in [0.25, 0.3) is 11.0 Å². The quantitative estimate of drug-likeness (QED) is 0.287. The summed E-state index contributed by atoms with van der Waals surface area (Å²) >= 11 is 0. The number of fused-ring (bicyclic) bond motifs is 1. The molecule has 4 aromatic rings. The summed E-state index contributed by atoms with van der Waals surface area (Å²) in [6.07, 6.45) is 4.41. The average Bonchev–Trinajstić information content (AvgIpc) is 3.35. The molecule has 2 N–H and O–H groups in total. The third kappa shape index (κ3) is 5.99. The molecule has 1 atom stereocenters. The number of halogens is 1. The summed E-state index contributed by atoms with van der Waals surface area (Å²) in [5.74, 6) is 7.15. The van der Waals surface area contributed by atoms with Crippen LogP contribution in [0.4, 0.5) is 10.2 Å². The van der Waals surface area contributed by atoms with Gasteiger partial charge in [0.2, 0.25) is 5.91 Å². The monoisotopic (exact) mass is 526 g/mol. The lowest BCUT2D eigenvalue weighted by atomic mass is 10.1. The van der Waals surface area contributed by atoms with Gasteiger partial charge in [-0.15, -0.1) is 0 Å². The van der Waals surface area contributed by atoms with Gasteiger partial charge in [-0.1, -0.05) is 30.7 Å². The first-order chi connectivity index (χ1) is 19.0. The molecule has 0 spiro atoms. The fourth-order valence-electron chi connectivity index (χ4n) is 4.46. The number of benzene rings is 2. The van der Waals surface area contributed by atoms with E-state index in [2.05, 4.69) is 28.4 Å². The van der Waals surface area contributed by atoms with Crippen LogP contribution in [0.2, 0.25) is 0 Å². The Morgan fingerprint density at radius 2 is 1.97 bits per heavy atom. The highest BCUT2D eigenvalue weighted by Crippen LogP contribution is 2.28. The first-order valence-electron chi connectivity index (χ1n) is 12.5. The summed E-state index contributed by atoms with van der Waals surface area (Å²) in [5, 5.41) is 5.29. The lowest BCUT2D eigenvalue weighted by molar-refractivity contribution is -0.127. The Balaban J connectivity index is 1.28. The molecule has 1 fully saturated rings. The fraction of sp³-hybridized carbons (Fsp3) is 0.241. The minimum Gasteiger partial charge on any atom is -0.489 e. The van der Waals surface area contributed by atoms with E-state index in [4.69, 9.17) is 20.3 Å². The molecule has 0 unspecified atom stereocenters. The van der Waals surface area contributed by atoms with E-state index >= 15 is 0 Å². The van der Waals surface area contributed by atoms with Crippen LogP contribution in [0.15, 0.2) is 67.5 Å². The lowest BCUT2D eigenvalue weighted by Crippen LogP contribution is -2.40. The Morgan fingerprint density at radius 1 is 1.18 bits per heavy atom. The van der Waals surface area contributed by atoms with E-state index in [1.807, 2.05) is 18.2 Å². The molecule has 198 valence electrons. The maximum Gasteiger partial charge on any atom is 0.246 e. The van der Waals surface area contributed by atoms with Crippen LogP contribution in [0.1, 0.15) is 30.1 Å². The minimum absolute atomic E-state index is 0.0658. The summed E-state index contributed by atoms with van der Waals surface area (Å²) in [7, 11) is 0. The second kappa shape index (κ2) is 11.6. The first kappa shape index (κ1) is 25.7. The van der Waals surface area contributed by atoms with E-state index in [9.17, 15) is 9.18 Å². The van der Waals surface area contributed by atoms with Crippen molar-refractivity contribution in [3.8, 4) is 23.3 Å². The smallest absolute Gasteiger partial charge is 0.246 e. The second-order valence-electron chi connectivity index (χ2n) is 9.02. The van der Waals surface area contributed by atoms with E-state index in [-0.39, 0.29) is 30.2 Å².